The molecule has 1 N–H and O–H groups in total. The fourth-order valence-electron chi connectivity index (χ4n) is 1.87. The summed E-state index contributed by atoms with van der Waals surface area (Å²) in [6.07, 6.45) is 0.930. The lowest BCUT2D eigenvalue weighted by molar-refractivity contribution is -0.170. The van der Waals surface area contributed by atoms with E-state index in [1.807, 2.05) is 0 Å². The Labute approximate surface area is 94.7 Å². The molecule has 0 aromatic carbocycles. The molecule has 1 rings (SSSR count). The van der Waals surface area contributed by atoms with Gasteiger partial charge in [0, 0.05) is 13.0 Å². The van der Waals surface area contributed by atoms with Crippen LogP contribution in [0.5, 0.6) is 0 Å². The van der Waals surface area contributed by atoms with Gasteiger partial charge in [-0.15, -0.1) is 0 Å². The van der Waals surface area contributed by atoms with Crippen LogP contribution in [0.15, 0.2) is 0 Å². The Kier molecular flexibility index (Phi) is 4.89. The molecule has 0 amide bonds. The molecule has 16 heavy (non-hydrogen) atoms. The van der Waals surface area contributed by atoms with Gasteiger partial charge in [-0.05, 0) is 19.8 Å². The zero-order valence-corrected chi connectivity index (χ0v) is 9.53. The third kappa shape index (κ3) is 2.59. The van der Waals surface area contributed by atoms with Crippen LogP contribution >= 0.6 is 0 Å². The van der Waals surface area contributed by atoms with Gasteiger partial charge < -0.3 is 14.6 Å². The molecule has 0 bridgehead atoms. The van der Waals surface area contributed by atoms with Crippen LogP contribution in [0, 0.1) is 5.41 Å². The number of carbonyl (C=O) groups is 2. The van der Waals surface area contributed by atoms with Crippen LogP contribution in [-0.4, -0.2) is 43.3 Å². The lowest BCUT2D eigenvalue weighted by Gasteiger charge is -2.32. The maximum Gasteiger partial charge on any atom is 0.322 e. The number of aliphatic hydroxyl groups is 1. The molecule has 0 aromatic rings. The number of ether oxygens (including phenoxy) is 2. The summed E-state index contributed by atoms with van der Waals surface area (Å²) >= 11 is 0. The quantitative estimate of drug-likeness (QED) is 0.543. The Morgan fingerprint density at radius 2 is 2.38 bits per heavy atom. The van der Waals surface area contributed by atoms with Crippen molar-refractivity contribution in [2.24, 2.45) is 5.41 Å². The molecule has 1 aliphatic heterocycles. The Morgan fingerprint density at radius 3 is 2.94 bits per heavy atom. The number of hydrogen-bond acceptors (Lipinski definition) is 5. The number of rotatable bonds is 5. The van der Waals surface area contributed by atoms with Crippen LogP contribution in [0.3, 0.4) is 0 Å². The van der Waals surface area contributed by atoms with E-state index in [4.69, 9.17) is 14.6 Å². The van der Waals surface area contributed by atoms with Crippen molar-refractivity contribution in [1.82, 2.24) is 0 Å². The minimum absolute atomic E-state index is 0.0472. The smallest absolute Gasteiger partial charge is 0.322 e. The van der Waals surface area contributed by atoms with E-state index in [0.29, 0.717) is 19.4 Å². The molecule has 1 heterocycles. The van der Waals surface area contributed by atoms with E-state index >= 15 is 0 Å². The first-order valence-electron chi connectivity index (χ1n) is 5.56. The third-order valence-electron chi connectivity index (χ3n) is 2.78. The summed E-state index contributed by atoms with van der Waals surface area (Å²) in [5, 5.41) is 8.81. The first kappa shape index (κ1) is 13.1. The van der Waals surface area contributed by atoms with Gasteiger partial charge in [0.25, 0.3) is 0 Å². The van der Waals surface area contributed by atoms with Gasteiger partial charge >= 0.3 is 5.97 Å². The van der Waals surface area contributed by atoms with Crippen molar-refractivity contribution in [2.45, 2.75) is 26.2 Å². The second-order valence-electron chi connectivity index (χ2n) is 3.86. The van der Waals surface area contributed by atoms with E-state index in [1.165, 1.54) is 0 Å². The van der Waals surface area contributed by atoms with Crippen molar-refractivity contribution in [3.05, 3.63) is 0 Å². The van der Waals surface area contributed by atoms with E-state index in [9.17, 15) is 9.59 Å². The van der Waals surface area contributed by atoms with Gasteiger partial charge in [0.2, 0.25) is 0 Å². The lowest BCUT2D eigenvalue weighted by Crippen LogP contribution is -2.48. The number of Topliss-reactive ketones (excluding diaryl/α,β-unsaturated/α-hetero) is 1. The first-order valence-corrected chi connectivity index (χ1v) is 5.56. The predicted octanol–water partition coefficient (Wildman–Crippen LogP) is 0.298. The molecule has 92 valence electrons. The van der Waals surface area contributed by atoms with Gasteiger partial charge in [0.1, 0.15) is 5.41 Å². The Morgan fingerprint density at radius 1 is 1.62 bits per heavy atom. The third-order valence-corrected chi connectivity index (χ3v) is 2.78. The average Bonchev–Trinajstić information content (AvgIpc) is 2.28. The molecule has 0 spiro atoms. The molecule has 5 nitrogen and oxygen atoms in total. The SMILES string of the molecule is CCOC(=O)C1(CCCO)COCCC1=O. The van der Waals surface area contributed by atoms with Crippen molar-refractivity contribution >= 4 is 11.8 Å². The summed E-state index contributed by atoms with van der Waals surface area (Å²) in [5.41, 5.74) is -1.18. The summed E-state index contributed by atoms with van der Waals surface area (Å²) in [5.74, 6) is -0.654. The minimum atomic E-state index is -1.18. The van der Waals surface area contributed by atoms with Crippen molar-refractivity contribution in [1.29, 1.82) is 0 Å². The highest BCUT2D eigenvalue weighted by Gasteiger charge is 2.48. The number of ketones is 1. The molecule has 5 heteroatoms. The Bertz CT molecular complexity index is 263. The van der Waals surface area contributed by atoms with Crippen LogP contribution in [0.25, 0.3) is 0 Å². The number of hydrogen-bond donors (Lipinski definition) is 1. The lowest BCUT2D eigenvalue weighted by atomic mass is 9.77. The number of aliphatic hydroxyl groups excluding tert-OH is 1. The summed E-state index contributed by atoms with van der Waals surface area (Å²) in [6.45, 7) is 2.33. The molecule has 0 radical (unpaired) electrons. The summed E-state index contributed by atoms with van der Waals surface area (Å²) in [7, 11) is 0. The highest BCUT2D eigenvalue weighted by molar-refractivity contribution is 6.04. The van der Waals surface area contributed by atoms with Gasteiger partial charge in [-0.1, -0.05) is 0 Å². The second kappa shape index (κ2) is 5.96. The molecule has 1 atom stereocenters. The van der Waals surface area contributed by atoms with Gasteiger partial charge in [-0.25, -0.2) is 0 Å². The summed E-state index contributed by atoms with van der Waals surface area (Å²) in [6, 6.07) is 0. The molecular weight excluding hydrogens is 212 g/mol. The number of esters is 1. The largest absolute Gasteiger partial charge is 0.465 e. The van der Waals surface area contributed by atoms with E-state index in [1.54, 1.807) is 6.92 Å². The molecule has 0 aliphatic carbocycles. The molecule has 1 fully saturated rings. The zero-order valence-electron chi connectivity index (χ0n) is 9.53. The summed E-state index contributed by atoms with van der Waals surface area (Å²) in [4.78, 5) is 23.7. The first-order chi connectivity index (χ1) is 7.67. The van der Waals surface area contributed by atoms with Crippen molar-refractivity contribution in [3.63, 3.8) is 0 Å². The maximum atomic E-state index is 11.9. The van der Waals surface area contributed by atoms with Crippen LogP contribution in [0.4, 0.5) is 0 Å². The molecular formula is C11H18O5. The number of carbonyl (C=O) groups excluding carboxylic acids is 2. The highest BCUT2D eigenvalue weighted by atomic mass is 16.5. The second-order valence-corrected chi connectivity index (χ2v) is 3.86. The maximum absolute atomic E-state index is 11.9. The molecule has 1 aliphatic rings. The van der Waals surface area contributed by atoms with Gasteiger partial charge in [0.15, 0.2) is 5.78 Å². The minimum Gasteiger partial charge on any atom is -0.465 e. The molecule has 0 saturated carbocycles. The van der Waals surface area contributed by atoms with Crippen LogP contribution in [0.1, 0.15) is 26.2 Å². The Hall–Kier alpha value is -0.940. The monoisotopic (exact) mass is 230 g/mol. The van der Waals surface area contributed by atoms with E-state index in [0.717, 1.165) is 0 Å². The molecule has 0 aromatic heterocycles. The van der Waals surface area contributed by atoms with Gasteiger partial charge in [0.05, 0.1) is 19.8 Å². The van der Waals surface area contributed by atoms with E-state index in [-0.39, 0.29) is 32.0 Å². The predicted molar refractivity (Wildman–Crippen MR) is 55.8 cm³/mol. The Balaban J connectivity index is 2.81. The average molecular weight is 230 g/mol. The highest BCUT2D eigenvalue weighted by Crippen LogP contribution is 2.32. The van der Waals surface area contributed by atoms with Gasteiger partial charge in [-0.3, -0.25) is 9.59 Å². The normalized spacial score (nSPS) is 25.5. The molecule has 1 unspecified atom stereocenters. The molecule has 1 saturated heterocycles. The van der Waals surface area contributed by atoms with Crippen molar-refractivity contribution < 1.29 is 24.2 Å². The topological polar surface area (TPSA) is 72.8 Å². The van der Waals surface area contributed by atoms with Crippen molar-refractivity contribution in [3.8, 4) is 0 Å². The van der Waals surface area contributed by atoms with Gasteiger partial charge in [-0.2, -0.15) is 0 Å². The van der Waals surface area contributed by atoms with Crippen LogP contribution < -0.4 is 0 Å². The van der Waals surface area contributed by atoms with Crippen LogP contribution in [-0.2, 0) is 19.1 Å². The van der Waals surface area contributed by atoms with E-state index in [2.05, 4.69) is 0 Å². The fraction of sp³-hybridized carbons (Fsp3) is 0.818. The van der Waals surface area contributed by atoms with Crippen LogP contribution in [0.2, 0.25) is 0 Å². The van der Waals surface area contributed by atoms with Crippen molar-refractivity contribution in [2.75, 3.05) is 26.4 Å². The van der Waals surface area contributed by atoms with E-state index < -0.39 is 11.4 Å². The standard InChI is InChI=1S/C11H18O5/c1-2-16-10(14)11(5-3-6-12)8-15-7-4-9(11)13/h12H,2-8H2,1H3. The summed E-state index contributed by atoms with van der Waals surface area (Å²) < 4.78 is 10.1. The zero-order chi connectivity index (χ0) is 12.0. The fourth-order valence-corrected chi connectivity index (χ4v) is 1.87.